The fourth-order valence-corrected chi connectivity index (χ4v) is 2.62. The van der Waals surface area contributed by atoms with Crippen molar-refractivity contribution in [2.24, 2.45) is 0 Å². The molecule has 24 heavy (non-hydrogen) atoms. The first-order valence-corrected chi connectivity index (χ1v) is 7.89. The van der Waals surface area contributed by atoms with E-state index in [-0.39, 0.29) is 0 Å². The molecule has 0 radical (unpaired) electrons. The summed E-state index contributed by atoms with van der Waals surface area (Å²) >= 11 is 6.10. The van der Waals surface area contributed by atoms with Crippen molar-refractivity contribution in [3.63, 3.8) is 0 Å². The Hall–Kier alpha value is -2.84. The first kappa shape index (κ1) is 16.0. The normalized spacial score (nSPS) is 10.4. The molecule has 0 saturated heterocycles. The fourth-order valence-electron chi connectivity index (χ4n) is 2.45. The predicted octanol–water partition coefficient (Wildman–Crippen LogP) is 4.17. The van der Waals surface area contributed by atoms with Gasteiger partial charge in [0.1, 0.15) is 6.07 Å². The molecule has 1 aromatic carbocycles. The molecule has 0 aliphatic heterocycles. The summed E-state index contributed by atoms with van der Waals surface area (Å²) in [5, 5.41) is 14.1. The molecule has 6 heteroatoms. The molecule has 0 spiro atoms. The Labute approximate surface area is 144 Å². The van der Waals surface area contributed by atoms with Gasteiger partial charge in [0, 0.05) is 34.9 Å². The Bertz CT molecular complexity index is 921. The topological polar surface area (TPSA) is 70.8 Å². The van der Waals surface area contributed by atoms with Gasteiger partial charge in [-0.15, -0.1) is 0 Å². The number of pyridine rings is 2. The molecule has 0 amide bonds. The zero-order valence-corrected chi connectivity index (χ0v) is 13.8. The van der Waals surface area contributed by atoms with Gasteiger partial charge in [0.15, 0.2) is 0 Å². The SMILES string of the molecule is CCOc1ncccc1CNc1c(C#N)cnc2ccc(Cl)cc12. The molecule has 2 heterocycles. The molecule has 3 aromatic rings. The number of nitrogens with one attached hydrogen (secondary N) is 1. The van der Waals surface area contributed by atoms with E-state index in [9.17, 15) is 5.26 Å². The summed E-state index contributed by atoms with van der Waals surface area (Å²) in [5.74, 6) is 0.586. The monoisotopic (exact) mass is 338 g/mol. The van der Waals surface area contributed by atoms with E-state index >= 15 is 0 Å². The lowest BCUT2D eigenvalue weighted by molar-refractivity contribution is 0.323. The van der Waals surface area contributed by atoms with E-state index in [2.05, 4.69) is 21.4 Å². The number of ether oxygens (including phenoxy) is 1. The van der Waals surface area contributed by atoms with Gasteiger partial charge in [-0.3, -0.25) is 4.98 Å². The number of hydrogen-bond acceptors (Lipinski definition) is 5. The van der Waals surface area contributed by atoms with E-state index in [4.69, 9.17) is 16.3 Å². The summed E-state index contributed by atoms with van der Waals surface area (Å²) in [4.78, 5) is 8.54. The van der Waals surface area contributed by atoms with Crippen LogP contribution < -0.4 is 10.1 Å². The Morgan fingerprint density at radius 2 is 2.17 bits per heavy atom. The number of fused-ring (bicyclic) bond motifs is 1. The van der Waals surface area contributed by atoms with Crippen molar-refractivity contribution in [2.45, 2.75) is 13.5 Å². The quantitative estimate of drug-likeness (QED) is 0.756. The Balaban J connectivity index is 1.98. The molecular formula is C18H15ClN4O. The van der Waals surface area contributed by atoms with Crippen LogP contribution in [0.15, 0.2) is 42.7 Å². The Morgan fingerprint density at radius 3 is 2.96 bits per heavy atom. The van der Waals surface area contributed by atoms with Crippen LogP contribution in [0.5, 0.6) is 5.88 Å². The highest BCUT2D eigenvalue weighted by atomic mass is 35.5. The molecule has 0 bridgehead atoms. The van der Waals surface area contributed by atoms with Crippen molar-refractivity contribution in [1.29, 1.82) is 5.26 Å². The van der Waals surface area contributed by atoms with Crippen molar-refractivity contribution in [3.8, 4) is 11.9 Å². The average molecular weight is 339 g/mol. The van der Waals surface area contributed by atoms with Gasteiger partial charge < -0.3 is 10.1 Å². The van der Waals surface area contributed by atoms with Gasteiger partial charge in [-0.2, -0.15) is 5.26 Å². The summed E-state index contributed by atoms with van der Waals surface area (Å²) < 4.78 is 5.54. The third-order valence-electron chi connectivity index (χ3n) is 3.54. The van der Waals surface area contributed by atoms with E-state index in [1.165, 1.54) is 0 Å². The summed E-state index contributed by atoms with van der Waals surface area (Å²) in [5.41, 5.74) is 2.86. The maximum atomic E-state index is 9.38. The number of benzene rings is 1. The molecule has 0 atom stereocenters. The minimum atomic E-state index is 0.464. The number of anilines is 1. The second kappa shape index (κ2) is 7.16. The predicted molar refractivity (Wildman–Crippen MR) is 94.2 cm³/mol. The van der Waals surface area contributed by atoms with Crippen molar-refractivity contribution in [2.75, 3.05) is 11.9 Å². The molecule has 5 nitrogen and oxygen atoms in total. The largest absolute Gasteiger partial charge is 0.478 e. The molecule has 3 rings (SSSR count). The van der Waals surface area contributed by atoms with E-state index in [0.717, 1.165) is 16.5 Å². The lowest BCUT2D eigenvalue weighted by Crippen LogP contribution is -2.06. The maximum Gasteiger partial charge on any atom is 0.218 e. The van der Waals surface area contributed by atoms with Crippen molar-refractivity contribution in [3.05, 3.63) is 58.9 Å². The third kappa shape index (κ3) is 3.24. The molecule has 0 fully saturated rings. The highest BCUT2D eigenvalue weighted by Gasteiger charge is 2.11. The zero-order valence-electron chi connectivity index (χ0n) is 13.1. The summed E-state index contributed by atoms with van der Waals surface area (Å²) in [7, 11) is 0. The fraction of sp³-hybridized carbons (Fsp3) is 0.167. The zero-order chi connectivity index (χ0) is 16.9. The van der Waals surface area contributed by atoms with Crippen LogP contribution in [-0.4, -0.2) is 16.6 Å². The van der Waals surface area contributed by atoms with Crippen LogP contribution in [0, 0.1) is 11.3 Å². The smallest absolute Gasteiger partial charge is 0.218 e. The molecule has 0 aliphatic rings. The first-order valence-electron chi connectivity index (χ1n) is 7.52. The van der Waals surface area contributed by atoms with E-state index in [1.54, 1.807) is 24.5 Å². The summed E-state index contributed by atoms with van der Waals surface area (Å²) in [6.45, 7) is 2.93. The van der Waals surface area contributed by atoms with Crippen LogP contribution >= 0.6 is 11.6 Å². The van der Waals surface area contributed by atoms with Gasteiger partial charge in [-0.1, -0.05) is 17.7 Å². The molecular weight excluding hydrogens is 324 g/mol. The van der Waals surface area contributed by atoms with Gasteiger partial charge >= 0.3 is 0 Å². The van der Waals surface area contributed by atoms with E-state index < -0.39 is 0 Å². The van der Waals surface area contributed by atoms with Crippen LogP contribution in [-0.2, 0) is 6.54 Å². The Kier molecular flexibility index (Phi) is 4.78. The molecule has 0 unspecified atom stereocenters. The lowest BCUT2D eigenvalue weighted by Gasteiger charge is -2.13. The minimum Gasteiger partial charge on any atom is -0.478 e. The van der Waals surface area contributed by atoms with Gasteiger partial charge in [-0.05, 0) is 31.2 Å². The van der Waals surface area contributed by atoms with Crippen molar-refractivity contribution < 1.29 is 4.74 Å². The molecule has 120 valence electrons. The minimum absolute atomic E-state index is 0.464. The third-order valence-corrected chi connectivity index (χ3v) is 3.77. The Morgan fingerprint density at radius 1 is 1.29 bits per heavy atom. The number of rotatable bonds is 5. The summed E-state index contributed by atoms with van der Waals surface area (Å²) in [6, 6.07) is 11.4. The average Bonchev–Trinajstić information content (AvgIpc) is 2.61. The van der Waals surface area contributed by atoms with Crippen LogP contribution in [0.2, 0.25) is 5.02 Å². The van der Waals surface area contributed by atoms with E-state index in [1.807, 2.05) is 25.1 Å². The van der Waals surface area contributed by atoms with Crippen molar-refractivity contribution >= 4 is 28.2 Å². The second-order valence-electron chi connectivity index (χ2n) is 5.07. The van der Waals surface area contributed by atoms with Crippen molar-refractivity contribution in [1.82, 2.24) is 9.97 Å². The summed E-state index contributed by atoms with van der Waals surface area (Å²) in [6.07, 6.45) is 3.25. The lowest BCUT2D eigenvalue weighted by atomic mass is 10.1. The molecule has 1 N–H and O–H groups in total. The highest BCUT2D eigenvalue weighted by Crippen LogP contribution is 2.29. The molecule has 0 aliphatic carbocycles. The van der Waals surface area contributed by atoms with Crippen LogP contribution in [0.3, 0.4) is 0 Å². The number of halogens is 1. The maximum absolute atomic E-state index is 9.38. The van der Waals surface area contributed by atoms with Crippen LogP contribution in [0.25, 0.3) is 10.9 Å². The standard InChI is InChI=1S/C18H15ClN4O/c1-2-24-18-12(4-3-7-21-18)10-23-17-13(9-20)11-22-16-6-5-14(19)8-15(16)17/h3-8,11H,2,10H2,1H3,(H,22,23). The van der Waals surface area contributed by atoms with Gasteiger partial charge in [-0.25, -0.2) is 4.98 Å². The highest BCUT2D eigenvalue weighted by molar-refractivity contribution is 6.31. The van der Waals surface area contributed by atoms with E-state index in [0.29, 0.717) is 35.3 Å². The van der Waals surface area contributed by atoms with Gasteiger partial charge in [0.05, 0.1) is 23.4 Å². The number of hydrogen-bond donors (Lipinski definition) is 1. The molecule has 2 aromatic heterocycles. The van der Waals surface area contributed by atoms with Crippen LogP contribution in [0.4, 0.5) is 5.69 Å². The van der Waals surface area contributed by atoms with Gasteiger partial charge in [0.2, 0.25) is 5.88 Å². The number of nitriles is 1. The van der Waals surface area contributed by atoms with Gasteiger partial charge in [0.25, 0.3) is 0 Å². The molecule has 0 saturated carbocycles. The number of aromatic nitrogens is 2. The van der Waals surface area contributed by atoms with Crippen LogP contribution in [0.1, 0.15) is 18.1 Å². The number of nitrogens with zero attached hydrogens (tertiary/aromatic N) is 3. The second-order valence-corrected chi connectivity index (χ2v) is 5.51. The first-order chi connectivity index (χ1) is 11.7.